The van der Waals surface area contributed by atoms with Crippen molar-refractivity contribution in [1.29, 1.82) is 5.41 Å². The summed E-state index contributed by atoms with van der Waals surface area (Å²) in [6.07, 6.45) is 8.47. The van der Waals surface area contributed by atoms with Crippen LogP contribution in [0.25, 0.3) is 11.2 Å². The predicted molar refractivity (Wildman–Crippen MR) is 96.1 cm³/mol. The summed E-state index contributed by atoms with van der Waals surface area (Å²) >= 11 is 7.73. The Hall–Kier alpha value is -2.23. The van der Waals surface area contributed by atoms with Crippen LogP contribution in [0.2, 0.25) is 5.02 Å². The number of terminal acetylenes is 1. The molecule has 24 heavy (non-hydrogen) atoms. The summed E-state index contributed by atoms with van der Waals surface area (Å²) in [6, 6.07) is 5.90. The molecule has 0 amide bonds. The summed E-state index contributed by atoms with van der Waals surface area (Å²) in [5.41, 5.74) is 2.60. The number of imidazole rings is 1. The van der Waals surface area contributed by atoms with Crippen molar-refractivity contribution in [2.24, 2.45) is 0 Å². The van der Waals surface area contributed by atoms with Gasteiger partial charge in [-0.2, -0.15) is 0 Å². The van der Waals surface area contributed by atoms with Crippen molar-refractivity contribution >= 4 is 34.5 Å². The third-order valence-corrected chi connectivity index (χ3v) is 4.90. The Balaban J connectivity index is 1.95. The maximum Gasteiger partial charge on any atom is 0.173 e. The molecule has 3 rings (SSSR count). The fourth-order valence-electron chi connectivity index (χ4n) is 2.32. The highest BCUT2D eigenvalue weighted by Gasteiger charge is 2.11. The second-order valence-corrected chi connectivity index (χ2v) is 6.81. The molecule has 0 aliphatic heterocycles. The van der Waals surface area contributed by atoms with Gasteiger partial charge in [0.05, 0.1) is 11.3 Å². The van der Waals surface area contributed by atoms with Gasteiger partial charge in [-0.25, -0.2) is 9.97 Å². The van der Waals surface area contributed by atoms with E-state index in [0.717, 1.165) is 16.9 Å². The molecule has 0 bridgehead atoms. The van der Waals surface area contributed by atoms with Crippen molar-refractivity contribution in [2.75, 3.05) is 0 Å². The van der Waals surface area contributed by atoms with Crippen molar-refractivity contribution in [3.8, 4) is 12.3 Å². The van der Waals surface area contributed by atoms with Crippen LogP contribution < -0.4 is 5.49 Å². The molecule has 0 unspecified atom stereocenters. The Kier molecular flexibility index (Phi) is 4.93. The van der Waals surface area contributed by atoms with E-state index in [4.69, 9.17) is 23.4 Å². The number of fused-ring (bicyclic) bond motifs is 1. The normalized spacial score (nSPS) is 10.9. The summed E-state index contributed by atoms with van der Waals surface area (Å²) in [7, 11) is 0. The van der Waals surface area contributed by atoms with E-state index in [1.54, 1.807) is 6.33 Å². The number of nitrogens with one attached hydrogen (secondary N) is 2. The molecule has 0 aliphatic rings. The highest BCUT2D eigenvalue weighted by Crippen LogP contribution is 2.32. The number of aromatic nitrogens is 4. The first-order valence-electron chi connectivity index (χ1n) is 7.45. The van der Waals surface area contributed by atoms with Crippen LogP contribution in [0.5, 0.6) is 0 Å². The molecule has 0 saturated carbocycles. The van der Waals surface area contributed by atoms with Gasteiger partial charge >= 0.3 is 0 Å². The average molecular weight is 358 g/mol. The van der Waals surface area contributed by atoms with E-state index < -0.39 is 0 Å². The number of unbranched alkanes of at least 4 members (excludes halogenated alkanes) is 1. The molecule has 5 nitrogen and oxygen atoms in total. The topological polar surface area (TPSA) is 70.3 Å². The molecule has 0 aliphatic carbocycles. The lowest BCUT2D eigenvalue weighted by Crippen LogP contribution is -2.12. The molecule has 0 fully saturated rings. The smallest absolute Gasteiger partial charge is 0.173 e. The third kappa shape index (κ3) is 3.48. The molecule has 2 aromatic heterocycles. The van der Waals surface area contributed by atoms with Crippen LogP contribution in [0.1, 0.15) is 18.4 Å². The van der Waals surface area contributed by atoms with Gasteiger partial charge in [0, 0.05) is 17.9 Å². The predicted octanol–water partition coefficient (Wildman–Crippen LogP) is 3.77. The van der Waals surface area contributed by atoms with E-state index in [-0.39, 0.29) is 5.49 Å². The maximum atomic E-state index is 7.97. The summed E-state index contributed by atoms with van der Waals surface area (Å²) in [4.78, 5) is 12.8. The van der Waals surface area contributed by atoms with Gasteiger partial charge in [0.15, 0.2) is 16.3 Å². The SMILES string of the molecule is C#CCCCn1cnc(=N)c2[nH]c(Sc3ccc(C)cc3Cl)nc21. The lowest BCUT2D eigenvalue weighted by molar-refractivity contribution is 0.653. The van der Waals surface area contributed by atoms with E-state index >= 15 is 0 Å². The Bertz CT molecular complexity index is 983. The van der Waals surface area contributed by atoms with Crippen LogP contribution in [0.15, 0.2) is 34.6 Å². The minimum atomic E-state index is 0.174. The average Bonchev–Trinajstić information content (AvgIpc) is 2.97. The second-order valence-electron chi connectivity index (χ2n) is 5.37. The molecule has 7 heteroatoms. The number of rotatable bonds is 5. The van der Waals surface area contributed by atoms with E-state index in [2.05, 4.69) is 20.9 Å². The van der Waals surface area contributed by atoms with Crippen LogP contribution in [0, 0.1) is 24.7 Å². The van der Waals surface area contributed by atoms with Gasteiger partial charge in [-0.3, -0.25) is 5.41 Å². The van der Waals surface area contributed by atoms with Gasteiger partial charge < -0.3 is 9.55 Å². The number of hydrogen-bond donors (Lipinski definition) is 2. The summed E-state index contributed by atoms with van der Waals surface area (Å²) < 4.78 is 1.92. The first-order valence-corrected chi connectivity index (χ1v) is 8.65. The Morgan fingerprint density at radius 3 is 3.04 bits per heavy atom. The molecule has 0 spiro atoms. The molecule has 122 valence electrons. The van der Waals surface area contributed by atoms with Crippen LogP contribution in [0.3, 0.4) is 0 Å². The Morgan fingerprint density at radius 2 is 2.29 bits per heavy atom. The van der Waals surface area contributed by atoms with Crippen LogP contribution in [-0.2, 0) is 6.54 Å². The van der Waals surface area contributed by atoms with Crippen molar-refractivity contribution in [3.05, 3.63) is 40.6 Å². The second kappa shape index (κ2) is 7.12. The van der Waals surface area contributed by atoms with Crippen LogP contribution in [0.4, 0.5) is 0 Å². The molecule has 1 aromatic carbocycles. The molecule has 0 atom stereocenters. The van der Waals surface area contributed by atoms with Gasteiger partial charge in [0.2, 0.25) is 0 Å². The molecule has 3 aromatic rings. The molecule has 0 radical (unpaired) electrons. The number of aryl methyl sites for hydroxylation is 2. The van der Waals surface area contributed by atoms with Gasteiger partial charge in [0.1, 0.15) is 5.52 Å². The summed E-state index contributed by atoms with van der Waals surface area (Å²) in [5, 5.41) is 9.34. The molecular formula is C17H16ClN5S. The van der Waals surface area contributed by atoms with Crippen LogP contribution >= 0.6 is 23.4 Å². The Morgan fingerprint density at radius 1 is 1.46 bits per heavy atom. The first-order chi connectivity index (χ1) is 11.6. The lowest BCUT2D eigenvalue weighted by atomic mass is 10.2. The monoisotopic (exact) mass is 357 g/mol. The molecule has 2 N–H and O–H groups in total. The maximum absolute atomic E-state index is 7.97. The Labute approximate surface area is 149 Å². The zero-order valence-electron chi connectivity index (χ0n) is 13.1. The van der Waals surface area contributed by atoms with Gasteiger partial charge in [-0.1, -0.05) is 29.4 Å². The molecule has 2 heterocycles. The van der Waals surface area contributed by atoms with Crippen molar-refractivity contribution in [3.63, 3.8) is 0 Å². The van der Waals surface area contributed by atoms with Crippen molar-refractivity contribution < 1.29 is 0 Å². The number of H-pyrrole nitrogens is 1. The number of aromatic amines is 1. The standard InChI is InChI=1S/C17H16ClN5S/c1-3-4-5-8-23-10-20-15(19)14-16(23)22-17(21-14)24-13-7-6-11(2)9-12(13)18/h1,6-7,9-10,19H,4-5,8H2,2H3,(H,21,22). The van der Waals surface area contributed by atoms with Gasteiger partial charge in [0.25, 0.3) is 0 Å². The summed E-state index contributed by atoms with van der Waals surface area (Å²) in [6.45, 7) is 2.72. The first kappa shape index (κ1) is 16.6. The minimum Gasteiger partial charge on any atom is -0.328 e. The number of hydrogen-bond acceptors (Lipinski definition) is 4. The minimum absolute atomic E-state index is 0.174. The quantitative estimate of drug-likeness (QED) is 0.539. The van der Waals surface area contributed by atoms with E-state index in [0.29, 0.717) is 34.3 Å². The van der Waals surface area contributed by atoms with E-state index in [1.165, 1.54) is 11.8 Å². The third-order valence-electron chi connectivity index (χ3n) is 3.51. The van der Waals surface area contributed by atoms with Crippen LogP contribution in [-0.4, -0.2) is 19.5 Å². The highest BCUT2D eigenvalue weighted by atomic mass is 35.5. The van der Waals surface area contributed by atoms with Crippen molar-refractivity contribution in [1.82, 2.24) is 19.5 Å². The van der Waals surface area contributed by atoms with E-state index in [1.807, 2.05) is 29.7 Å². The van der Waals surface area contributed by atoms with Crippen molar-refractivity contribution in [2.45, 2.75) is 36.4 Å². The fraction of sp³-hybridized carbons (Fsp3) is 0.235. The van der Waals surface area contributed by atoms with Gasteiger partial charge in [-0.15, -0.1) is 12.3 Å². The zero-order valence-corrected chi connectivity index (χ0v) is 14.7. The zero-order chi connectivity index (χ0) is 17.1. The number of halogens is 1. The fourth-order valence-corrected chi connectivity index (χ4v) is 3.46. The highest BCUT2D eigenvalue weighted by molar-refractivity contribution is 7.99. The largest absolute Gasteiger partial charge is 0.328 e. The molecular weight excluding hydrogens is 342 g/mol. The number of nitrogens with zero attached hydrogens (tertiary/aromatic N) is 3. The number of benzene rings is 1. The van der Waals surface area contributed by atoms with Gasteiger partial charge in [-0.05, 0) is 31.0 Å². The van der Waals surface area contributed by atoms with E-state index in [9.17, 15) is 0 Å². The summed E-state index contributed by atoms with van der Waals surface area (Å²) in [5.74, 6) is 2.63. The lowest BCUT2D eigenvalue weighted by Gasteiger charge is -2.04. The molecule has 0 saturated heterocycles.